The fraction of sp³-hybridized carbons (Fsp3) is 0.538. The molecule has 88 valence electrons. The molecule has 2 nitrogen and oxygen atoms in total. The average Bonchev–Trinajstić information content (AvgIpc) is 2.27. The maximum atomic E-state index is 10.5. The molecule has 1 N–H and O–H groups in total. The molecule has 0 saturated carbocycles. The summed E-state index contributed by atoms with van der Waals surface area (Å²) in [5.41, 5.74) is 0.636. The lowest BCUT2D eigenvalue weighted by Gasteiger charge is -2.36. The largest absolute Gasteiger partial charge is 0.389 e. The van der Waals surface area contributed by atoms with Crippen molar-refractivity contribution in [2.45, 2.75) is 24.9 Å². The second-order valence-corrected chi connectivity index (χ2v) is 5.27. The van der Waals surface area contributed by atoms with E-state index in [1.807, 2.05) is 24.3 Å². The lowest BCUT2D eigenvalue weighted by Crippen LogP contribution is -2.44. The highest BCUT2D eigenvalue weighted by Gasteiger charge is 2.30. The Morgan fingerprint density at radius 1 is 1.25 bits per heavy atom. The minimum Gasteiger partial charge on any atom is -0.389 e. The fourth-order valence-electron chi connectivity index (χ4n) is 2.19. The summed E-state index contributed by atoms with van der Waals surface area (Å²) < 4.78 is 0. The van der Waals surface area contributed by atoms with Gasteiger partial charge in [-0.25, -0.2) is 0 Å². The summed E-state index contributed by atoms with van der Waals surface area (Å²) >= 11 is 5.84. The Hall–Kier alpha value is -0.570. The van der Waals surface area contributed by atoms with Gasteiger partial charge in [0.15, 0.2) is 0 Å². The average molecular weight is 240 g/mol. The number of aliphatic hydroxyl groups is 1. The second-order valence-electron chi connectivity index (χ2n) is 4.83. The molecule has 1 aliphatic heterocycles. The molecule has 0 aliphatic carbocycles. The van der Waals surface area contributed by atoms with Crippen molar-refractivity contribution >= 4 is 11.6 Å². The van der Waals surface area contributed by atoms with E-state index in [4.69, 9.17) is 11.6 Å². The van der Waals surface area contributed by atoms with Crippen LogP contribution in [-0.2, 0) is 6.42 Å². The van der Waals surface area contributed by atoms with Crippen molar-refractivity contribution in [3.63, 3.8) is 0 Å². The van der Waals surface area contributed by atoms with Gasteiger partial charge in [0.1, 0.15) is 0 Å². The molecule has 1 aromatic rings. The van der Waals surface area contributed by atoms with E-state index in [9.17, 15) is 5.11 Å². The van der Waals surface area contributed by atoms with Crippen molar-refractivity contribution in [2.75, 3.05) is 20.1 Å². The Bertz CT molecular complexity index is 341. The summed E-state index contributed by atoms with van der Waals surface area (Å²) in [6, 6.07) is 7.77. The minimum absolute atomic E-state index is 0.527. The first kappa shape index (κ1) is 11.9. The van der Waals surface area contributed by atoms with Gasteiger partial charge in [0.25, 0.3) is 0 Å². The van der Waals surface area contributed by atoms with Crippen LogP contribution in [0.15, 0.2) is 24.3 Å². The van der Waals surface area contributed by atoms with Crippen LogP contribution >= 0.6 is 11.6 Å². The van der Waals surface area contributed by atoms with E-state index in [1.54, 1.807) is 0 Å². The smallest absolute Gasteiger partial charge is 0.0712 e. The highest BCUT2D eigenvalue weighted by Crippen LogP contribution is 2.26. The molecule has 1 aromatic carbocycles. The molecule has 0 atom stereocenters. The van der Waals surface area contributed by atoms with E-state index < -0.39 is 5.60 Å². The quantitative estimate of drug-likeness (QED) is 0.857. The second kappa shape index (κ2) is 4.74. The van der Waals surface area contributed by atoms with Crippen molar-refractivity contribution in [1.29, 1.82) is 0 Å². The highest BCUT2D eigenvalue weighted by atomic mass is 35.5. The summed E-state index contributed by atoms with van der Waals surface area (Å²) in [5, 5.41) is 11.2. The fourth-order valence-corrected chi connectivity index (χ4v) is 2.32. The van der Waals surface area contributed by atoms with Crippen LogP contribution in [0.3, 0.4) is 0 Å². The topological polar surface area (TPSA) is 23.5 Å². The van der Waals surface area contributed by atoms with Gasteiger partial charge in [-0.3, -0.25) is 0 Å². The molecule has 0 spiro atoms. The van der Waals surface area contributed by atoms with Crippen molar-refractivity contribution in [1.82, 2.24) is 4.90 Å². The van der Waals surface area contributed by atoms with E-state index in [-0.39, 0.29) is 0 Å². The minimum atomic E-state index is -0.527. The van der Waals surface area contributed by atoms with Crippen molar-refractivity contribution in [3.8, 4) is 0 Å². The first-order chi connectivity index (χ1) is 7.57. The van der Waals surface area contributed by atoms with Crippen molar-refractivity contribution < 1.29 is 5.11 Å². The predicted octanol–water partition coefficient (Wildman–Crippen LogP) is 2.34. The van der Waals surface area contributed by atoms with Gasteiger partial charge in [0.05, 0.1) is 5.60 Å². The summed E-state index contributed by atoms with van der Waals surface area (Å²) in [5.74, 6) is 0. The van der Waals surface area contributed by atoms with Gasteiger partial charge in [0.2, 0.25) is 0 Å². The number of nitrogens with zero attached hydrogens (tertiary/aromatic N) is 1. The third kappa shape index (κ3) is 2.97. The number of halogens is 1. The summed E-state index contributed by atoms with van der Waals surface area (Å²) in [4.78, 5) is 2.26. The molecule has 1 saturated heterocycles. The molecular weight excluding hydrogens is 222 g/mol. The van der Waals surface area contributed by atoms with E-state index in [0.717, 1.165) is 42.9 Å². The van der Waals surface area contributed by atoms with Crippen molar-refractivity contribution in [3.05, 3.63) is 34.9 Å². The monoisotopic (exact) mass is 239 g/mol. The van der Waals surface area contributed by atoms with Gasteiger partial charge < -0.3 is 10.0 Å². The Morgan fingerprint density at radius 2 is 1.81 bits per heavy atom. The number of likely N-dealkylation sites (tertiary alicyclic amines) is 1. The van der Waals surface area contributed by atoms with Crippen LogP contribution in [0.2, 0.25) is 5.02 Å². The zero-order chi connectivity index (χ0) is 11.6. The Kier molecular flexibility index (Phi) is 3.53. The summed E-state index contributed by atoms with van der Waals surface area (Å²) in [6.07, 6.45) is 2.44. The third-order valence-corrected chi connectivity index (χ3v) is 3.62. The van der Waals surface area contributed by atoms with E-state index in [1.165, 1.54) is 0 Å². The normalized spacial score (nSPS) is 20.9. The Balaban J connectivity index is 2.00. The molecular formula is C13H18ClNO. The molecule has 0 aromatic heterocycles. The Labute approximate surface area is 102 Å². The van der Waals surface area contributed by atoms with Crippen molar-refractivity contribution in [2.24, 2.45) is 0 Å². The van der Waals surface area contributed by atoms with Crippen LogP contribution in [-0.4, -0.2) is 35.7 Å². The lowest BCUT2D eigenvalue weighted by atomic mass is 9.85. The Morgan fingerprint density at radius 3 is 2.38 bits per heavy atom. The summed E-state index contributed by atoms with van der Waals surface area (Å²) in [6.45, 7) is 1.95. The molecule has 3 heteroatoms. The number of rotatable bonds is 2. The molecule has 1 aliphatic rings. The highest BCUT2D eigenvalue weighted by molar-refractivity contribution is 6.30. The first-order valence-corrected chi connectivity index (χ1v) is 6.11. The van der Waals surface area contributed by atoms with Gasteiger partial charge in [-0.15, -0.1) is 0 Å². The third-order valence-electron chi connectivity index (χ3n) is 3.36. The number of benzene rings is 1. The van der Waals surface area contributed by atoms with Gasteiger partial charge in [0, 0.05) is 24.5 Å². The van der Waals surface area contributed by atoms with Crippen LogP contribution in [0.1, 0.15) is 18.4 Å². The zero-order valence-electron chi connectivity index (χ0n) is 9.62. The van der Waals surface area contributed by atoms with E-state index in [2.05, 4.69) is 11.9 Å². The first-order valence-electron chi connectivity index (χ1n) is 5.73. The molecule has 16 heavy (non-hydrogen) atoms. The molecule has 1 fully saturated rings. The standard InChI is InChI=1S/C13H18ClNO/c1-15-8-6-13(16,7-9-15)10-11-2-4-12(14)5-3-11/h2-5,16H,6-10H2,1H3. The van der Waals surface area contributed by atoms with Gasteiger partial charge in [-0.05, 0) is 37.6 Å². The molecule has 1 heterocycles. The molecule has 0 amide bonds. The van der Waals surface area contributed by atoms with Crippen LogP contribution in [0.25, 0.3) is 0 Å². The predicted molar refractivity (Wildman–Crippen MR) is 66.8 cm³/mol. The van der Waals surface area contributed by atoms with Crippen LogP contribution in [0.5, 0.6) is 0 Å². The lowest BCUT2D eigenvalue weighted by molar-refractivity contribution is -0.0150. The zero-order valence-corrected chi connectivity index (χ0v) is 10.4. The van der Waals surface area contributed by atoms with Crippen LogP contribution in [0.4, 0.5) is 0 Å². The van der Waals surface area contributed by atoms with E-state index >= 15 is 0 Å². The maximum absolute atomic E-state index is 10.5. The van der Waals surface area contributed by atoms with E-state index in [0.29, 0.717) is 0 Å². The molecule has 0 unspecified atom stereocenters. The molecule has 2 rings (SSSR count). The molecule has 0 radical (unpaired) electrons. The number of hydrogen-bond acceptors (Lipinski definition) is 2. The molecule has 0 bridgehead atoms. The van der Waals surface area contributed by atoms with Gasteiger partial charge in [-0.1, -0.05) is 23.7 Å². The number of piperidine rings is 1. The number of hydrogen-bond donors (Lipinski definition) is 1. The van der Waals surface area contributed by atoms with Crippen LogP contribution < -0.4 is 0 Å². The van der Waals surface area contributed by atoms with Gasteiger partial charge in [-0.2, -0.15) is 0 Å². The SMILES string of the molecule is CN1CCC(O)(Cc2ccc(Cl)cc2)CC1. The van der Waals surface area contributed by atoms with Crippen LogP contribution in [0, 0.1) is 0 Å². The summed E-state index contributed by atoms with van der Waals surface area (Å²) in [7, 11) is 2.10. The van der Waals surface area contributed by atoms with Gasteiger partial charge >= 0.3 is 0 Å². The maximum Gasteiger partial charge on any atom is 0.0712 e.